The second-order valence-electron chi connectivity index (χ2n) is 5.65. The minimum absolute atomic E-state index is 0.143. The molecule has 0 bridgehead atoms. The van der Waals surface area contributed by atoms with Gasteiger partial charge in [-0.2, -0.15) is 0 Å². The number of benzene rings is 1. The van der Waals surface area contributed by atoms with Crippen molar-refractivity contribution in [3.8, 4) is 0 Å². The van der Waals surface area contributed by atoms with E-state index < -0.39 is 5.97 Å². The molecule has 0 saturated heterocycles. The highest BCUT2D eigenvalue weighted by atomic mass is 32.1. The van der Waals surface area contributed by atoms with E-state index in [1.807, 2.05) is 44.2 Å². The molecule has 1 amide bonds. The molecule has 0 radical (unpaired) electrons. The van der Waals surface area contributed by atoms with Gasteiger partial charge in [-0.25, -0.2) is 4.79 Å². The van der Waals surface area contributed by atoms with Crippen molar-refractivity contribution in [2.45, 2.75) is 40.2 Å². The van der Waals surface area contributed by atoms with Crippen molar-refractivity contribution in [1.82, 2.24) is 0 Å². The monoisotopic (exact) mass is 331 g/mol. The van der Waals surface area contributed by atoms with Crippen LogP contribution in [0.25, 0.3) is 0 Å². The minimum Gasteiger partial charge on any atom is -0.459 e. The number of rotatable bonds is 5. The first kappa shape index (κ1) is 17.2. The lowest BCUT2D eigenvalue weighted by Crippen LogP contribution is -2.18. The molecule has 0 aliphatic heterocycles. The fourth-order valence-electron chi connectivity index (χ4n) is 2.19. The number of anilines is 1. The maximum absolute atomic E-state index is 12.3. The number of carbonyl (C=O) groups is 2. The maximum atomic E-state index is 12.3. The van der Waals surface area contributed by atoms with E-state index in [0.29, 0.717) is 10.6 Å². The Morgan fingerprint density at radius 1 is 1.17 bits per heavy atom. The summed E-state index contributed by atoms with van der Waals surface area (Å²) in [5, 5.41) is 3.42. The average molecular weight is 331 g/mol. The third kappa shape index (κ3) is 4.42. The normalized spacial score (nSPS) is 10.7. The molecule has 1 heterocycles. The van der Waals surface area contributed by atoms with Crippen molar-refractivity contribution in [2.24, 2.45) is 0 Å². The van der Waals surface area contributed by atoms with Gasteiger partial charge in [-0.15, -0.1) is 11.3 Å². The Bertz CT molecular complexity index is 705. The maximum Gasteiger partial charge on any atom is 0.341 e. The first-order valence-electron chi connectivity index (χ1n) is 7.53. The lowest BCUT2D eigenvalue weighted by Gasteiger charge is -2.10. The fourth-order valence-corrected chi connectivity index (χ4v) is 3.25. The van der Waals surface area contributed by atoms with Crippen LogP contribution in [0, 0.1) is 13.8 Å². The number of carbonyl (C=O) groups excluding carboxylic acids is 2. The summed E-state index contributed by atoms with van der Waals surface area (Å²) in [4.78, 5) is 25.5. The van der Waals surface area contributed by atoms with E-state index >= 15 is 0 Å². The first-order valence-corrected chi connectivity index (χ1v) is 8.35. The molecule has 0 aliphatic carbocycles. The van der Waals surface area contributed by atoms with Crippen LogP contribution in [0.4, 0.5) is 5.00 Å². The lowest BCUT2D eigenvalue weighted by atomic mass is 10.1. The highest BCUT2D eigenvalue weighted by Gasteiger charge is 2.23. The van der Waals surface area contributed by atoms with Gasteiger partial charge in [0.1, 0.15) is 5.00 Å². The summed E-state index contributed by atoms with van der Waals surface area (Å²) in [6.07, 6.45) is 0.0742. The highest BCUT2D eigenvalue weighted by Crippen LogP contribution is 2.33. The molecule has 4 nitrogen and oxygen atoms in total. The largest absolute Gasteiger partial charge is 0.459 e. The molecule has 1 aromatic carbocycles. The van der Waals surface area contributed by atoms with Crippen LogP contribution in [0.15, 0.2) is 30.3 Å². The third-order valence-electron chi connectivity index (χ3n) is 3.39. The van der Waals surface area contributed by atoms with Gasteiger partial charge in [-0.1, -0.05) is 30.3 Å². The predicted octanol–water partition coefficient (Wildman–Crippen LogP) is 4.11. The van der Waals surface area contributed by atoms with E-state index in [1.54, 1.807) is 13.8 Å². The average Bonchev–Trinajstić information content (AvgIpc) is 2.73. The number of amides is 1. The summed E-state index contributed by atoms with van der Waals surface area (Å²) in [6, 6.07) is 9.51. The van der Waals surface area contributed by atoms with Crippen molar-refractivity contribution >= 4 is 28.2 Å². The van der Waals surface area contributed by atoms with Crippen molar-refractivity contribution in [1.29, 1.82) is 0 Å². The highest BCUT2D eigenvalue weighted by molar-refractivity contribution is 7.16. The number of ether oxygens (including phenoxy) is 1. The van der Waals surface area contributed by atoms with E-state index in [1.165, 1.54) is 11.3 Å². The Labute approximate surface area is 140 Å². The fraction of sp³-hybridized carbons (Fsp3) is 0.333. The van der Waals surface area contributed by atoms with Gasteiger partial charge in [0.05, 0.1) is 18.1 Å². The van der Waals surface area contributed by atoms with E-state index in [0.717, 1.165) is 16.0 Å². The van der Waals surface area contributed by atoms with Crippen LogP contribution in [0.1, 0.15) is 40.2 Å². The summed E-state index contributed by atoms with van der Waals surface area (Å²) in [7, 11) is 0. The van der Waals surface area contributed by atoms with E-state index in [4.69, 9.17) is 4.74 Å². The summed E-state index contributed by atoms with van der Waals surface area (Å²) >= 11 is 1.40. The zero-order chi connectivity index (χ0) is 17.0. The van der Waals surface area contributed by atoms with Gasteiger partial charge >= 0.3 is 5.97 Å². The Kier molecular flexibility index (Phi) is 5.55. The van der Waals surface area contributed by atoms with Crippen molar-refractivity contribution in [3.05, 3.63) is 51.9 Å². The topological polar surface area (TPSA) is 55.4 Å². The Hall–Kier alpha value is -2.14. The SMILES string of the molecule is Cc1sc(NC(=O)Cc2ccccc2)c(C(=O)OC(C)C)c1C. The number of nitrogens with one attached hydrogen (secondary N) is 1. The van der Waals surface area contributed by atoms with E-state index in [9.17, 15) is 9.59 Å². The lowest BCUT2D eigenvalue weighted by molar-refractivity contribution is -0.115. The zero-order valence-electron chi connectivity index (χ0n) is 13.8. The number of aryl methyl sites for hydroxylation is 1. The zero-order valence-corrected chi connectivity index (χ0v) is 14.6. The van der Waals surface area contributed by atoms with E-state index in [2.05, 4.69) is 5.32 Å². The first-order chi connectivity index (χ1) is 10.9. The molecule has 0 unspecified atom stereocenters. The van der Waals surface area contributed by atoms with Crippen LogP contribution >= 0.6 is 11.3 Å². The summed E-state index contributed by atoms with van der Waals surface area (Å²) in [5.41, 5.74) is 2.25. The van der Waals surface area contributed by atoms with Crippen LogP contribution in [-0.4, -0.2) is 18.0 Å². The van der Waals surface area contributed by atoms with Crippen LogP contribution < -0.4 is 5.32 Å². The molecule has 0 spiro atoms. The molecule has 0 atom stereocenters. The molecular weight excluding hydrogens is 310 g/mol. The Morgan fingerprint density at radius 3 is 2.43 bits per heavy atom. The summed E-state index contributed by atoms with van der Waals surface area (Å²) < 4.78 is 5.29. The van der Waals surface area contributed by atoms with Gasteiger partial charge in [0.2, 0.25) is 5.91 Å². The second-order valence-corrected chi connectivity index (χ2v) is 6.88. The number of esters is 1. The molecule has 2 aromatic rings. The van der Waals surface area contributed by atoms with Gasteiger partial charge in [-0.3, -0.25) is 4.79 Å². The van der Waals surface area contributed by atoms with Crippen molar-refractivity contribution in [2.75, 3.05) is 5.32 Å². The molecule has 0 aliphatic rings. The van der Waals surface area contributed by atoms with Crippen molar-refractivity contribution < 1.29 is 14.3 Å². The second kappa shape index (κ2) is 7.42. The van der Waals surface area contributed by atoms with Gasteiger partial charge in [-0.05, 0) is 38.8 Å². The molecule has 1 aromatic heterocycles. The third-order valence-corrected chi connectivity index (χ3v) is 4.52. The molecular formula is C18H21NO3S. The number of hydrogen-bond donors (Lipinski definition) is 1. The smallest absolute Gasteiger partial charge is 0.341 e. The van der Waals surface area contributed by atoms with Crippen LogP contribution in [0.3, 0.4) is 0 Å². The quantitative estimate of drug-likeness (QED) is 0.839. The molecule has 122 valence electrons. The molecule has 0 fully saturated rings. The standard InChI is InChI=1S/C18H21NO3S/c1-11(2)22-18(21)16-12(3)13(4)23-17(16)19-15(20)10-14-8-6-5-7-9-14/h5-9,11H,10H2,1-4H3,(H,19,20). The number of hydrogen-bond acceptors (Lipinski definition) is 4. The molecule has 1 N–H and O–H groups in total. The van der Waals surface area contributed by atoms with Gasteiger partial charge in [0.25, 0.3) is 0 Å². The summed E-state index contributed by atoms with van der Waals surface area (Å²) in [5.74, 6) is -0.534. The van der Waals surface area contributed by atoms with Crippen LogP contribution in [-0.2, 0) is 16.0 Å². The Morgan fingerprint density at radius 2 is 1.83 bits per heavy atom. The van der Waals surface area contributed by atoms with Crippen molar-refractivity contribution in [3.63, 3.8) is 0 Å². The molecule has 0 saturated carbocycles. The van der Waals surface area contributed by atoms with E-state index in [-0.39, 0.29) is 18.4 Å². The molecule has 2 rings (SSSR count). The molecule has 23 heavy (non-hydrogen) atoms. The number of thiophene rings is 1. The Balaban J connectivity index is 2.18. The van der Waals surface area contributed by atoms with Crippen LogP contribution in [0.2, 0.25) is 0 Å². The van der Waals surface area contributed by atoms with Gasteiger partial charge < -0.3 is 10.1 Å². The minimum atomic E-state index is -0.392. The molecule has 5 heteroatoms. The van der Waals surface area contributed by atoms with Gasteiger partial charge in [0.15, 0.2) is 0 Å². The summed E-state index contributed by atoms with van der Waals surface area (Å²) in [6.45, 7) is 7.41. The van der Waals surface area contributed by atoms with Crippen LogP contribution in [0.5, 0.6) is 0 Å². The van der Waals surface area contributed by atoms with Gasteiger partial charge in [0, 0.05) is 4.88 Å². The predicted molar refractivity (Wildman–Crippen MR) is 93.1 cm³/mol.